The number of hydrogen-bond acceptors (Lipinski definition) is 2. The zero-order valence-corrected chi connectivity index (χ0v) is 8.32. The molecule has 1 amide bonds. The highest BCUT2D eigenvalue weighted by Gasteiger charge is 2.19. The molecule has 0 fully saturated rings. The number of amides is 1. The number of aryl methyl sites for hydroxylation is 2. The zero-order chi connectivity index (χ0) is 10.1. The molecule has 2 rings (SSSR count). The Morgan fingerprint density at radius 2 is 2.14 bits per heavy atom. The summed E-state index contributed by atoms with van der Waals surface area (Å²) >= 11 is 0. The molecule has 0 aromatic heterocycles. The van der Waals surface area contributed by atoms with E-state index < -0.39 is 0 Å². The van der Waals surface area contributed by atoms with Gasteiger partial charge in [0.05, 0.1) is 12.1 Å². The number of rotatable bonds is 1. The molecule has 3 nitrogen and oxygen atoms in total. The molecule has 0 saturated heterocycles. The maximum Gasteiger partial charge on any atom is 0.252 e. The maximum atomic E-state index is 11.4. The van der Waals surface area contributed by atoms with E-state index in [1.807, 2.05) is 32.0 Å². The fraction of sp³-hybridized carbons (Fsp3) is 0.273. The van der Waals surface area contributed by atoms with E-state index in [9.17, 15) is 4.79 Å². The van der Waals surface area contributed by atoms with E-state index in [4.69, 9.17) is 0 Å². The Bertz CT molecular complexity index is 410. The van der Waals surface area contributed by atoms with E-state index in [1.54, 1.807) is 6.21 Å². The molecule has 0 saturated carbocycles. The monoisotopic (exact) mass is 188 g/mol. The van der Waals surface area contributed by atoms with Crippen molar-refractivity contribution in [2.24, 2.45) is 5.10 Å². The maximum absolute atomic E-state index is 11.4. The van der Waals surface area contributed by atoms with Crippen molar-refractivity contribution >= 4 is 17.8 Å². The van der Waals surface area contributed by atoms with E-state index in [2.05, 4.69) is 5.10 Å². The van der Waals surface area contributed by atoms with Gasteiger partial charge in [-0.25, -0.2) is 5.01 Å². The molecule has 1 aromatic carbocycles. The smallest absolute Gasteiger partial charge is 0.252 e. The normalized spacial score (nSPS) is 15.3. The summed E-state index contributed by atoms with van der Waals surface area (Å²) in [5.74, 6) is 0.0405. The lowest BCUT2D eigenvalue weighted by molar-refractivity contribution is -0.116. The number of benzene rings is 1. The number of hydrogen-bond donors (Lipinski definition) is 0. The van der Waals surface area contributed by atoms with Gasteiger partial charge < -0.3 is 0 Å². The van der Waals surface area contributed by atoms with Crippen LogP contribution in [-0.4, -0.2) is 12.1 Å². The Hall–Kier alpha value is -1.64. The van der Waals surface area contributed by atoms with Gasteiger partial charge in [-0.3, -0.25) is 4.79 Å². The van der Waals surface area contributed by atoms with E-state index in [1.165, 1.54) is 5.01 Å². The molecule has 0 N–H and O–H groups in total. The SMILES string of the molecule is Cc1ccc(C)c(N2N=CCC2=O)c1. The van der Waals surface area contributed by atoms with E-state index in [0.717, 1.165) is 16.8 Å². The van der Waals surface area contributed by atoms with Gasteiger partial charge >= 0.3 is 0 Å². The highest BCUT2D eigenvalue weighted by Crippen LogP contribution is 2.24. The minimum Gasteiger partial charge on any atom is -0.272 e. The molecule has 1 aliphatic rings. The number of nitrogens with zero attached hydrogens (tertiary/aromatic N) is 2. The molecule has 0 aliphatic carbocycles. The van der Waals surface area contributed by atoms with Crippen LogP contribution >= 0.6 is 0 Å². The summed E-state index contributed by atoms with van der Waals surface area (Å²) in [4.78, 5) is 11.4. The van der Waals surface area contributed by atoms with Gasteiger partial charge in [0.15, 0.2) is 0 Å². The summed E-state index contributed by atoms with van der Waals surface area (Å²) in [5.41, 5.74) is 3.10. The highest BCUT2D eigenvalue weighted by molar-refractivity contribution is 6.05. The van der Waals surface area contributed by atoms with Crippen molar-refractivity contribution in [2.75, 3.05) is 5.01 Å². The van der Waals surface area contributed by atoms with Gasteiger partial charge in [0.25, 0.3) is 5.91 Å². The Balaban J connectivity index is 2.45. The Labute approximate surface area is 83.0 Å². The number of carbonyl (C=O) groups is 1. The largest absolute Gasteiger partial charge is 0.272 e. The number of carbonyl (C=O) groups excluding carboxylic acids is 1. The second-order valence-corrected chi connectivity index (χ2v) is 3.50. The van der Waals surface area contributed by atoms with Crippen molar-refractivity contribution in [2.45, 2.75) is 20.3 Å². The van der Waals surface area contributed by atoms with Crippen LogP contribution in [0, 0.1) is 13.8 Å². The summed E-state index contributed by atoms with van der Waals surface area (Å²) in [7, 11) is 0. The van der Waals surface area contributed by atoms with Crippen LogP contribution in [0.4, 0.5) is 5.69 Å². The average Bonchev–Trinajstić information content (AvgIpc) is 2.56. The fourth-order valence-corrected chi connectivity index (χ4v) is 1.50. The second kappa shape index (κ2) is 3.25. The quantitative estimate of drug-likeness (QED) is 0.663. The Morgan fingerprint density at radius 3 is 2.79 bits per heavy atom. The lowest BCUT2D eigenvalue weighted by Crippen LogP contribution is -2.20. The van der Waals surface area contributed by atoms with Gasteiger partial charge in [-0.15, -0.1) is 0 Å². The molecular formula is C11H12N2O. The van der Waals surface area contributed by atoms with E-state index in [0.29, 0.717) is 6.42 Å². The first-order valence-corrected chi connectivity index (χ1v) is 4.61. The average molecular weight is 188 g/mol. The van der Waals surface area contributed by atoms with Crippen LogP contribution in [0.25, 0.3) is 0 Å². The first-order valence-electron chi connectivity index (χ1n) is 4.61. The standard InChI is InChI=1S/C11H12N2O/c1-8-3-4-9(2)10(7-8)13-11(14)5-6-12-13/h3-4,6-7H,5H2,1-2H3. The molecular weight excluding hydrogens is 176 g/mol. The van der Waals surface area contributed by atoms with Gasteiger partial charge in [0, 0.05) is 6.21 Å². The van der Waals surface area contributed by atoms with Crippen LogP contribution in [0.5, 0.6) is 0 Å². The van der Waals surface area contributed by atoms with E-state index in [-0.39, 0.29) is 5.91 Å². The predicted molar refractivity (Wildman–Crippen MR) is 56.5 cm³/mol. The van der Waals surface area contributed by atoms with Crippen LogP contribution in [0.2, 0.25) is 0 Å². The minimum absolute atomic E-state index is 0.0405. The van der Waals surface area contributed by atoms with Crippen molar-refractivity contribution < 1.29 is 4.79 Å². The lowest BCUT2D eigenvalue weighted by Gasteiger charge is -2.15. The van der Waals surface area contributed by atoms with Crippen LogP contribution in [-0.2, 0) is 4.79 Å². The van der Waals surface area contributed by atoms with Gasteiger partial charge in [-0.1, -0.05) is 12.1 Å². The summed E-state index contributed by atoms with van der Waals surface area (Å²) in [6.07, 6.45) is 2.05. The van der Waals surface area contributed by atoms with Gasteiger partial charge in [0.2, 0.25) is 0 Å². The van der Waals surface area contributed by atoms with Crippen molar-refractivity contribution in [1.82, 2.24) is 0 Å². The predicted octanol–water partition coefficient (Wildman–Crippen LogP) is 2.03. The Morgan fingerprint density at radius 1 is 1.36 bits per heavy atom. The fourth-order valence-electron chi connectivity index (χ4n) is 1.50. The second-order valence-electron chi connectivity index (χ2n) is 3.50. The topological polar surface area (TPSA) is 32.7 Å². The molecule has 14 heavy (non-hydrogen) atoms. The molecule has 0 radical (unpaired) electrons. The van der Waals surface area contributed by atoms with Crippen molar-refractivity contribution in [3.63, 3.8) is 0 Å². The third kappa shape index (κ3) is 1.41. The number of hydrazone groups is 1. The van der Waals surface area contributed by atoms with Crippen molar-refractivity contribution in [1.29, 1.82) is 0 Å². The van der Waals surface area contributed by atoms with Gasteiger partial charge in [-0.05, 0) is 31.0 Å². The van der Waals surface area contributed by atoms with E-state index >= 15 is 0 Å². The summed E-state index contributed by atoms with van der Waals surface area (Å²) in [6, 6.07) is 6.02. The van der Waals surface area contributed by atoms with Crippen molar-refractivity contribution in [3.8, 4) is 0 Å². The summed E-state index contributed by atoms with van der Waals surface area (Å²) in [5, 5.41) is 5.52. The van der Waals surface area contributed by atoms with Gasteiger partial charge in [0.1, 0.15) is 0 Å². The zero-order valence-electron chi connectivity index (χ0n) is 8.32. The molecule has 72 valence electrons. The minimum atomic E-state index is 0.0405. The molecule has 0 atom stereocenters. The molecule has 3 heteroatoms. The molecule has 0 unspecified atom stereocenters. The lowest BCUT2D eigenvalue weighted by atomic mass is 10.1. The molecule has 1 aromatic rings. The van der Waals surface area contributed by atoms with Crippen LogP contribution < -0.4 is 5.01 Å². The highest BCUT2D eigenvalue weighted by atomic mass is 16.2. The van der Waals surface area contributed by atoms with Crippen LogP contribution in [0.3, 0.4) is 0 Å². The molecule has 0 bridgehead atoms. The third-order valence-corrected chi connectivity index (χ3v) is 2.29. The molecule has 0 spiro atoms. The summed E-state index contributed by atoms with van der Waals surface area (Å²) in [6.45, 7) is 3.99. The summed E-state index contributed by atoms with van der Waals surface area (Å²) < 4.78 is 0. The van der Waals surface area contributed by atoms with Gasteiger partial charge in [-0.2, -0.15) is 5.10 Å². The van der Waals surface area contributed by atoms with Crippen molar-refractivity contribution in [3.05, 3.63) is 29.3 Å². The number of anilines is 1. The van der Waals surface area contributed by atoms with Crippen LogP contribution in [0.1, 0.15) is 17.5 Å². The third-order valence-electron chi connectivity index (χ3n) is 2.29. The first kappa shape index (κ1) is 8.94. The Kier molecular flexibility index (Phi) is 2.08. The van der Waals surface area contributed by atoms with Crippen LogP contribution in [0.15, 0.2) is 23.3 Å². The molecule has 1 heterocycles. The first-order chi connectivity index (χ1) is 6.68. The molecule has 1 aliphatic heterocycles.